The fourth-order valence-electron chi connectivity index (χ4n) is 1.27. The van der Waals surface area contributed by atoms with Crippen molar-refractivity contribution in [2.45, 2.75) is 32.9 Å². The molecule has 0 bridgehead atoms. The van der Waals surface area contributed by atoms with E-state index in [9.17, 15) is 4.79 Å². The first-order valence-electron chi connectivity index (χ1n) is 5.48. The Balaban J connectivity index is 2.67. The summed E-state index contributed by atoms with van der Waals surface area (Å²) in [5.41, 5.74) is 3.10. The predicted molar refractivity (Wildman–Crippen MR) is 68.1 cm³/mol. The first-order chi connectivity index (χ1) is 7.95. The van der Waals surface area contributed by atoms with E-state index in [0.29, 0.717) is 5.75 Å². The zero-order valence-electron chi connectivity index (χ0n) is 10.9. The normalized spacial score (nSPS) is 12.3. The fraction of sp³-hybridized carbons (Fsp3) is 0.583. The average molecular weight is 254 g/mol. The second-order valence-electron chi connectivity index (χ2n) is 4.04. The summed E-state index contributed by atoms with van der Waals surface area (Å²) in [7, 11) is 1.40. The summed E-state index contributed by atoms with van der Waals surface area (Å²) < 4.78 is 4.67. The smallest absolute Gasteiger partial charge is 0.309 e. The van der Waals surface area contributed by atoms with Crippen molar-refractivity contribution in [3.8, 4) is 0 Å². The Morgan fingerprint density at radius 3 is 2.29 bits per heavy atom. The molecule has 1 aromatic rings. The summed E-state index contributed by atoms with van der Waals surface area (Å²) in [6.45, 7) is 7.79. The Kier molecular flexibility index (Phi) is 4.93. The lowest BCUT2D eigenvalue weighted by Gasteiger charge is -2.09. The molecule has 0 radical (unpaired) electrons. The maximum atomic E-state index is 11.2. The number of methoxy groups -OCH3 is 1. The minimum atomic E-state index is -0.196. The quantitative estimate of drug-likeness (QED) is 0.469. The molecule has 0 aliphatic heterocycles. The molecular formula is C12H18N2O2S. The van der Waals surface area contributed by atoms with Crippen molar-refractivity contribution < 1.29 is 9.53 Å². The van der Waals surface area contributed by atoms with Gasteiger partial charge in [-0.1, -0.05) is 18.7 Å². The molecule has 0 aromatic carbocycles. The van der Waals surface area contributed by atoms with E-state index >= 15 is 0 Å². The minimum Gasteiger partial charge on any atom is -0.469 e. The van der Waals surface area contributed by atoms with E-state index < -0.39 is 0 Å². The van der Waals surface area contributed by atoms with E-state index in [1.54, 1.807) is 0 Å². The number of carbonyl (C=O) groups excluding carboxylic acids is 1. The van der Waals surface area contributed by atoms with Gasteiger partial charge in [-0.05, 0) is 26.3 Å². The van der Waals surface area contributed by atoms with Gasteiger partial charge in [0.2, 0.25) is 0 Å². The zero-order valence-corrected chi connectivity index (χ0v) is 11.7. The molecule has 0 aliphatic rings. The highest BCUT2D eigenvalue weighted by Gasteiger charge is 2.14. The summed E-state index contributed by atoms with van der Waals surface area (Å²) in [5.74, 6) is 0.294. The Bertz CT molecular complexity index is 398. The number of ether oxygens (including phenoxy) is 1. The SMILES string of the molecule is COC(=O)C(C)CSc1nc(C)c(C)c(C)n1. The van der Waals surface area contributed by atoms with E-state index in [-0.39, 0.29) is 11.9 Å². The summed E-state index contributed by atoms with van der Waals surface area (Å²) in [6, 6.07) is 0. The number of esters is 1. The third-order valence-corrected chi connectivity index (χ3v) is 3.79. The number of thioether (sulfide) groups is 1. The van der Waals surface area contributed by atoms with E-state index in [0.717, 1.165) is 22.1 Å². The Morgan fingerprint density at radius 2 is 1.82 bits per heavy atom. The van der Waals surface area contributed by atoms with Crippen LogP contribution < -0.4 is 0 Å². The lowest BCUT2D eigenvalue weighted by molar-refractivity contribution is -0.143. The monoisotopic (exact) mass is 254 g/mol. The number of rotatable bonds is 4. The third-order valence-electron chi connectivity index (χ3n) is 2.68. The van der Waals surface area contributed by atoms with Gasteiger partial charge in [-0.2, -0.15) is 0 Å². The third kappa shape index (κ3) is 3.70. The highest BCUT2D eigenvalue weighted by atomic mass is 32.2. The summed E-state index contributed by atoms with van der Waals surface area (Å²) >= 11 is 1.49. The fourth-order valence-corrected chi connectivity index (χ4v) is 2.21. The van der Waals surface area contributed by atoms with Crippen molar-refractivity contribution >= 4 is 17.7 Å². The molecule has 1 unspecified atom stereocenters. The van der Waals surface area contributed by atoms with Gasteiger partial charge in [-0.15, -0.1) is 0 Å². The van der Waals surface area contributed by atoms with Gasteiger partial charge in [0.15, 0.2) is 5.16 Å². The maximum Gasteiger partial charge on any atom is 0.309 e. The Morgan fingerprint density at radius 1 is 1.29 bits per heavy atom. The zero-order chi connectivity index (χ0) is 13.0. The van der Waals surface area contributed by atoms with Gasteiger partial charge in [0.25, 0.3) is 0 Å². The van der Waals surface area contributed by atoms with Crippen molar-refractivity contribution in [3.05, 3.63) is 17.0 Å². The lowest BCUT2D eigenvalue weighted by atomic mass is 10.2. The van der Waals surface area contributed by atoms with Crippen LogP contribution in [-0.4, -0.2) is 28.8 Å². The highest BCUT2D eigenvalue weighted by Crippen LogP contribution is 2.19. The van der Waals surface area contributed by atoms with E-state index in [2.05, 4.69) is 14.7 Å². The molecule has 1 atom stereocenters. The maximum absolute atomic E-state index is 11.2. The molecule has 1 heterocycles. The molecule has 0 amide bonds. The number of aromatic nitrogens is 2. The molecule has 1 rings (SSSR count). The minimum absolute atomic E-state index is 0.143. The van der Waals surface area contributed by atoms with Crippen molar-refractivity contribution in [2.24, 2.45) is 5.92 Å². The molecule has 0 saturated carbocycles. The molecule has 0 aliphatic carbocycles. The molecule has 0 fully saturated rings. The van der Waals surface area contributed by atoms with Crippen LogP contribution in [0.3, 0.4) is 0 Å². The van der Waals surface area contributed by atoms with Crippen LogP contribution in [0.15, 0.2) is 5.16 Å². The second kappa shape index (κ2) is 6.00. The van der Waals surface area contributed by atoms with Crippen molar-refractivity contribution in [2.75, 3.05) is 12.9 Å². The van der Waals surface area contributed by atoms with Crippen LogP contribution in [0.5, 0.6) is 0 Å². The van der Waals surface area contributed by atoms with Crippen molar-refractivity contribution in [1.29, 1.82) is 0 Å². The summed E-state index contributed by atoms with van der Waals surface area (Å²) in [5, 5.41) is 0.723. The number of nitrogens with zero attached hydrogens (tertiary/aromatic N) is 2. The van der Waals surface area contributed by atoms with Gasteiger partial charge in [-0.25, -0.2) is 9.97 Å². The number of aryl methyl sites for hydroxylation is 2. The molecular weight excluding hydrogens is 236 g/mol. The molecule has 4 nitrogen and oxygen atoms in total. The number of hydrogen-bond acceptors (Lipinski definition) is 5. The first kappa shape index (κ1) is 14.0. The topological polar surface area (TPSA) is 52.1 Å². The standard InChI is InChI=1S/C12H18N2O2S/c1-7(11(15)16-5)6-17-12-13-9(3)8(2)10(4)14-12/h7H,6H2,1-5H3. The average Bonchev–Trinajstić information content (AvgIpc) is 2.31. The molecule has 17 heavy (non-hydrogen) atoms. The van der Waals surface area contributed by atoms with E-state index in [1.165, 1.54) is 18.9 Å². The summed E-state index contributed by atoms with van der Waals surface area (Å²) in [6.07, 6.45) is 0. The van der Waals surface area contributed by atoms with E-state index in [1.807, 2.05) is 27.7 Å². The van der Waals surface area contributed by atoms with Gasteiger partial charge in [-0.3, -0.25) is 4.79 Å². The number of carbonyl (C=O) groups is 1. The Hall–Kier alpha value is -1.10. The van der Waals surface area contributed by atoms with Gasteiger partial charge in [0, 0.05) is 17.1 Å². The predicted octanol–water partition coefficient (Wildman–Crippen LogP) is 2.30. The largest absolute Gasteiger partial charge is 0.469 e. The van der Waals surface area contributed by atoms with Crippen molar-refractivity contribution in [3.63, 3.8) is 0 Å². The molecule has 94 valence electrons. The van der Waals surface area contributed by atoms with Gasteiger partial charge >= 0.3 is 5.97 Å². The van der Waals surface area contributed by atoms with Crippen LogP contribution in [0.25, 0.3) is 0 Å². The van der Waals surface area contributed by atoms with Gasteiger partial charge in [0.05, 0.1) is 13.0 Å². The van der Waals surface area contributed by atoms with Crippen LogP contribution in [0.4, 0.5) is 0 Å². The van der Waals surface area contributed by atoms with Crippen molar-refractivity contribution in [1.82, 2.24) is 9.97 Å². The molecule has 1 aromatic heterocycles. The first-order valence-corrected chi connectivity index (χ1v) is 6.46. The lowest BCUT2D eigenvalue weighted by Crippen LogP contribution is -2.15. The van der Waals surface area contributed by atoms with Gasteiger partial charge in [0.1, 0.15) is 0 Å². The molecule has 5 heteroatoms. The Labute approximate surface area is 106 Å². The molecule has 0 spiro atoms. The van der Waals surface area contributed by atoms with Crippen LogP contribution in [0.1, 0.15) is 23.9 Å². The van der Waals surface area contributed by atoms with Crippen LogP contribution >= 0.6 is 11.8 Å². The van der Waals surface area contributed by atoms with Gasteiger partial charge < -0.3 is 4.74 Å². The summed E-state index contributed by atoms with van der Waals surface area (Å²) in [4.78, 5) is 20.0. The van der Waals surface area contributed by atoms with Crippen LogP contribution in [0, 0.1) is 26.7 Å². The highest BCUT2D eigenvalue weighted by molar-refractivity contribution is 7.99. The van der Waals surface area contributed by atoms with Crippen LogP contribution in [-0.2, 0) is 9.53 Å². The van der Waals surface area contributed by atoms with E-state index in [4.69, 9.17) is 0 Å². The second-order valence-corrected chi connectivity index (χ2v) is 5.02. The molecule has 0 saturated heterocycles. The number of hydrogen-bond donors (Lipinski definition) is 0. The molecule has 0 N–H and O–H groups in total. The van der Waals surface area contributed by atoms with Crippen LogP contribution in [0.2, 0.25) is 0 Å².